The third-order valence-corrected chi connectivity index (χ3v) is 6.36. The molecule has 0 aliphatic rings. The average Bonchev–Trinajstić information content (AvgIpc) is 3.16. The number of anilines is 1. The van der Waals surface area contributed by atoms with Crippen LogP contribution in [0.4, 0.5) is 19.5 Å². The number of sulfonamides is 1. The highest BCUT2D eigenvalue weighted by Crippen LogP contribution is 2.34. The highest BCUT2D eigenvalue weighted by Gasteiger charge is 2.26. The Morgan fingerprint density at radius 1 is 1.21 bits per heavy atom. The molecule has 14 heteroatoms. The normalized spacial score (nSPS) is 12.2. The first-order valence-corrected chi connectivity index (χ1v) is 10.8. The Kier molecular flexibility index (Phi) is 7.15. The number of carbonyl (C=O) groups is 1. The van der Waals surface area contributed by atoms with E-state index >= 15 is 0 Å². The van der Waals surface area contributed by atoms with Gasteiger partial charge in [-0.1, -0.05) is 11.8 Å². The third kappa shape index (κ3) is 5.08. The molecule has 28 heavy (non-hydrogen) atoms. The van der Waals surface area contributed by atoms with Crippen LogP contribution in [0.5, 0.6) is 11.8 Å². The van der Waals surface area contributed by atoms with E-state index in [0.29, 0.717) is 23.1 Å². The van der Waals surface area contributed by atoms with Crippen LogP contribution in [0.2, 0.25) is 0 Å². The van der Waals surface area contributed by atoms with E-state index in [4.69, 9.17) is 9.47 Å². The second-order valence-corrected chi connectivity index (χ2v) is 8.31. The van der Waals surface area contributed by atoms with Gasteiger partial charge in [0, 0.05) is 5.56 Å². The SMILES string of the molecule is COc1cc(OC)nc(NC(=O)NS(=O)(=O)c2sccc2C(F)=C(F)SC)n1. The van der Waals surface area contributed by atoms with Crippen LogP contribution < -0.4 is 19.5 Å². The standard InChI is InChI=1S/C14H14F2N4O5S3/c1-24-8-6-9(25-2)18-13(17-8)19-14(21)20-28(22,23)12-7(4-5-27-12)10(15)11(16)26-3/h4-6H,1-3H3,(H2,17,18,19,20,21). The van der Waals surface area contributed by atoms with Crippen molar-refractivity contribution in [3.05, 3.63) is 28.2 Å². The van der Waals surface area contributed by atoms with Gasteiger partial charge in [-0.05, 0) is 17.7 Å². The first kappa shape index (κ1) is 21.8. The number of urea groups is 1. The lowest BCUT2D eigenvalue weighted by molar-refractivity contribution is 0.256. The lowest BCUT2D eigenvalue weighted by Gasteiger charge is -2.09. The number of rotatable bonds is 7. The molecule has 0 saturated carbocycles. The van der Waals surface area contributed by atoms with Crippen LogP contribution in [-0.2, 0) is 10.0 Å². The van der Waals surface area contributed by atoms with Gasteiger partial charge in [-0.25, -0.2) is 22.3 Å². The van der Waals surface area contributed by atoms with Crippen molar-refractivity contribution in [2.75, 3.05) is 25.8 Å². The second-order valence-electron chi connectivity index (χ2n) is 4.75. The van der Waals surface area contributed by atoms with Gasteiger partial charge in [-0.15, -0.1) is 11.3 Å². The molecule has 0 aromatic carbocycles. The minimum Gasteiger partial charge on any atom is -0.481 e. The fraction of sp³-hybridized carbons (Fsp3) is 0.214. The maximum atomic E-state index is 14.1. The molecule has 0 saturated heterocycles. The number of halogens is 2. The quantitative estimate of drug-likeness (QED) is 0.658. The fourth-order valence-corrected chi connectivity index (χ4v) is 4.36. The Morgan fingerprint density at radius 2 is 1.82 bits per heavy atom. The van der Waals surface area contributed by atoms with Crippen molar-refractivity contribution < 1.29 is 31.5 Å². The van der Waals surface area contributed by atoms with Crippen LogP contribution in [-0.4, -0.2) is 44.9 Å². The average molecular weight is 452 g/mol. The molecule has 2 rings (SSSR count). The maximum absolute atomic E-state index is 14.1. The molecule has 152 valence electrons. The van der Waals surface area contributed by atoms with Gasteiger partial charge in [-0.3, -0.25) is 5.32 Å². The van der Waals surface area contributed by atoms with Crippen LogP contribution >= 0.6 is 23.1 Å². The molecule has 0 atom stereocenters. The Hall–Kier alpha value is -2.45. The minimum absolute atomic E-state index is 0.0605. The largest absolute Gasteiger partial charge is 0.481 e. The molecule has 9 nitrogen and oxygen atoms in total. The summed E-state index contributed by atoms with van der Waals surface area (Å²) in [4.78, 5) is 19.7. The lowest BCUT2D eigenvalue weighted by Crippen LogP contribution is -2.34. The summed E-state index contributed by atoms with van der Waals surface area (Å²) in [6.07, 6.45) is 1.30. The van der Waals surface area contributed by atoms with Crippen molar-refractivity contribution in [2.45, 2.75) is 4.21 Å². The van der Waals surface area contributed by atoms with Crippen LogP contribution in [0, 0.1) is 0 Å². The number of thioether (sulfide) groups is 1. The van der Waals surface area contributed by atoms with E-state index in [1.807, 2.05) is 0 Å². The minimum atomic E-state index is -4.50. The number of thiophene rings is 1. The summed E-state index contributed by atoms with van der Waals surface area (Å²) in [5, 5.41) is 2.17. The number of hydrogen-bond acceptors (Lipinski definition) is 9. The first-order valence-electron chi connectivity index (χ1n) is 7.19. The van der Waals surface area contributed by atoms with Gasteiger partial charge in [-0.2, -0.15) is 14.4 Å². The molecule has 0 bridgehead atoms. The molecule has 0 unspecified atom stereocenters. The van der Waals surface area contributed by atoms with Gasteiger partial charge in [0.25, 0.3) is 10.0 Å². The van der Waals surface area contributed by atoms with E-state index in [2.05, 4.69) is 15.3 Å². The number of nitrogens with one attached hydrogen (secondary N) is 2. The molecule has 0 aliphatic heterocycles. The molecular weight excluding hydrogens is 438 g/mol. The van der Waals surface area contributed by atoms with Crippen molar-refractivity contribution in [3.8, 4) is 11.8 Å². The Bertz CT molecular complexity index is 988. The highest BCUT2D eigenvalue weighted by molar-refractivity contribution is 8.02. The number of ether oxygens (including phenoxy) is 2. The number of methoxy groups -OCH3 is 2. The molecule has 0 radical (unpaired) electrons. The van der Waals surface area contributed by atoms with Crippen LogP contribution in [0.15, 0.2) is 26.9 Å². The van der Waals surface area contributed by atoms with Crippen molar-refractivity contribution in [1.29, 1.82) is 0 Å². The number of amides is 2. The summed E-state index contributed by atoms with van der Waals surface area (Å²) in [5.41, 5.74) is -0.489. The van der Waals surface area contributed by atoms with Gasteiger partial charge < -0.3 is 9.47 Å². The molecule has 2 N–H and O–H groups in total. The van der Waals surface area contributed by atoms with Gasteiger partial charge in [0.05, 0.1) is 20.3 Å². The number of nitrogens with zero attached hydrogens (tertiary/aromatic N) is 2. The summed E-state index contributed by atoms with van der Waals surface area (Å²) < 4.78 is 63.3. The molecule has 2 amide bonds. The van der Waals surface area contributed by atoms with Gasteiger partial charge in [0.15, 0.2) is 15.2 Å². The van der Waals surface area contributed by atoms with Crippen LogP contribution in [0.1, 0.15) is 5.56 Å². The number of carbonyl (C=O) groups excluding carboxylic acids is 1. The van der Waals surface area contributed by atoms with Crippen molar-refractivity contribution in [3.63, 3.8) is 0 Å². The summed E-state index contributed by atoms with van der Waals surface area (Å²) in [5.74, 6) is -1.51. The lowest BCUT2D eigenvalue weighted by atomic mass is 10.3. The van der Waals surface area contributed by atoms with E-state index in [0.717, 1.165) is 6.07 Å². The van der Waals surface area contributed by atoms with Crippen LogP contribution in [0.25, 0.3) is 5.83 Å². The summed E-state index contributed by atoms with van der Waals surface area (Å²) in [6.45, 7) is 0. The zero-order chi connectivity index (χ0) is 20.9. The Morgan fingerprint density at radius 3 is 2.36 bits per heavy atom. The van der Waals surface area contributed by atoms with E-state index in [1.54, 1.807) is 4.72 Å². The third-order valence-electron chi connectivity index (χ3n) is 3.01. The smallest absolute Gasteiger partial charge is 0.335 e. The highest BCUT2D eigenvalue weighted by atomic mass is 32.2. The van der Waals surface area contributed by atoms with E-state index in [-0.39, 0.29) is 17.7 Å². The van der Waals surface area contributed by atoms with Gasteiger partial charge >= 0.3 is 6.03 Å². The first-order chi connectivity index (χ1) is 13.2. The molecule has 0 aliphatic carbocycles. The van der Waals surface area contributed by atoms with Gasteiger partial charge in [0.2, 0.25) is 17.7 Å². The number of hydrogen-bond donors (Lipinski definition) is 2. The number of aromatic nitrogens is 2. The predicted molar refractivity (Wildman–Crippen MR) is 101 cm³/mol. The van der Waals surface area contributed by atoms with Crippen LogP contribution in [0.3, 0.4) is 0 Å². The summed E-state index contributed by atoms with van der Waals surface area (Å²) in [7, 11) is -1.85. The van der Waals surface area contributed by atoms with Crippen molar-refractivity contribution in [1.82, 2.24) is 14.7 Å². The topological polar surface area (TPSA) is 120 Å². The molecule has 0 spiro atoms. The van der Waals surface area contributed by atoms with Gasteiger partial charge in [0.1, 0.15) is 0 Å². The van der Waals surface area contributed by atoms with Crippen molar-refractivity contribution in [2.24, 2.45) is 0 Å². The molecule has 2 heterocycles. The Labute approximate surface area is 167 Å². The summed E-state index contributed by atoms with van der Waals surface area (Å²) >= 11 is 1.10. The molecular formula is C14H14F2N4O5S3. The molecule has 0 fully saturated rings. The molecule has 2 aromatic heterocycles. The summed E-state index contributed by atoms with van der Waals surface area (Å²) in [6, 6.07) is 1.22. The van der Waals surface area contributed by atoms with Crippen molar-refractivity contribution >= 4 is 50.9 Å². The zero-order valence-corrected chi connectivity index (χ0v) is 17.1. The van der Waals surface area contributed by atoms with E-state index < -0.39 is 36.8 Å². The van der Waals surface area contributed by atoms with E-state index in [1.165, 1.54) is 31.9 Å². The second kappa shape index (κ2) is 9.16. The predicted octanol–water partition coefficient (Wildman–Crippen LogP) is 2.99. The van der Waals surface area contributed by atoms with E-state index in [9.17, 15) is 22.0 Å². The monoisotopic (exact) mass is 452 g/mol. The maximum Gasteiger partial charge on any atom is 0.335 e. The molecule has 2 aromatic rings. The Balaban J connectivity index is 2.24. The fourth-order valence-electron chi connectivity index (χ4n) is 1.83. The zero-order valence-electron chi connectivity index (χ0n) is 14.6.